The number of benzene rings is 1. The molecule has 0 saturated carbocycles. The Balaban J connectivity index is 2.30. The van der Waals surface area contributed by atoms with Crippen molar-refractivity contribution in [1.82, 2.24) is 36.9 Å². The fraction of sp³-hybridized carbons (Fsp3) is 0.541. The van der Waals surface area contributed by atoms with E-state index in [1.165, 1.54) is 6.92 Å². The summed E-state index contributed by atoms with van der Waals surface area (Å²) in [5.41, 5.74) is 22.7. The summed E-state index contributed by atoms with van der Waals surface area (Å²) in [6, 6.07) is -3.00. The molecule has 0 aliphatic heterocycles. The molecule has 2 aromatic rings. The van der Waals surface area contributed by atoms with Crippen LogP contribution in [-0.4, -0.2) is 135 Å². The molecule has 23 heteroatoms. The van der Waals surface area contributed by atoms with Gasteiger partial charge in [-0.15, -0.1) is 0 Å². The van der Waals surface area contributed by atoms with Crippen LogP contribution in [0.3, 0.4) is 0 Å². The number of hydrogen-bond acceptors (Lipinski definition) is 12. The number of para-hydroxylation sites is 1. The van der Waals surface area contributed by atoms with E-state index in [-0.39, 0.29) is 31.8 Å². The first-order valence-corrected chi connectivity index (χ1v) is 19.2. The molecule has 9 atom stereocenters. The molecule has 1 aromatic carbocycles. The second-order valence-corrected chi connectivity index (χ2v) is 14.3. The minimum Gasteiger partial charge on any atom is -0.480 e. The predicted octanol–water partition coefficient (Wildman–Crippen LogP) is -4.60. The maximum atomic E-state index is 14.0. The number of carboxylic acid groups (broad SMARTS) is 1. The summed E-state index contributed by atoms with van der Waals surface area (Å²) >= 11 is 0. The lowest BCUT2D eigenvalue weighted by Gasteiger charge is -2.29. The summed E-state index contributed by atoms with van der Waals surface area (Å²) in [7, 11) is 0. The number of aliphatic imine (C=N–C) groups is 1. The van der Waals surface area contributed by atoms with Crippen molar-refractivity contribution in [2.24, 2.45) is 33.8 Å². The third-order valence-electron chi connectivity index (χ3n) is 9.47. The number of carbonyl (C=O) groups is 8. The Morgan fingerprint density at radius 1 is 0.767 bits per heavy atom. The van der Waals surface area contributed by atoms with Gasteiger partial charge in [-0.2, -0.15) is 0 Å². The highest BCUT2D eigenvalue weighted by Gasteiger charge is 2.35. The van der Waals surface area contributed by atoms with E-state index in [1.54, 1.807) is 38.2 Å². The predicted molar refractivity (Wildman–Crippen MR) is 217 cm³/mol. The summed E-state index contributed by atoms with van der Waals surface area (Å²) in [6.45, 7) is 5.15. The number of aromatic amines is 1. The maximum Gasteiger partial charge on any atom is 0.326 e. The van der Waals surface area contributed by atoms with Crippen molar-refractivity contribution >= 4 is 64.2 Å². The van der Waals surface area contributed by atoms with Crippen molar-refractivity contribution < 1.29 is 53.7 Å². The number of H-pyrrole nitrogens is 1. The van der Waals surface area contributed by atoms with Gasteiger partial charge in [-0.25, -0.2) is 4.79 Å². The smallest absolute Gasteiger partial charge is 0.326 e. The Kier molecular flexibility index (Phi) is 19.9. The molecule has 0 aliphatic rings. The van der Waals surface area contributed by atoms with E-state index in [1.807, 2.05) is 6.07 Å². The van der Waals surface area contributed by atoms with E-state index >= 15 is 0 Å². The van der Waals surface area contributed by atoms with Gasteiger partial charge >= 0.3 is 5.97 Å². The number of hydrogen-bond donors (Lipinski definition) is 14. The van der Waals surface area contributed by atoms with Crippen molar-refractivity contribution in [2.45, 2.75) is 108 Å². The molecule has 0 spiro atoms. The lowest BCUT2D eigenvalue weighted by molar-refractivity contribution is -0.142. The monoisotopic (exact) mass is 846 g/mol. The van der Waals surface area contributed by atoms with Crippen molar-refractivity contribution in [1.29, 1.82) is 0 Å². The zero-order valence-electron chi connectivity index (χ0n) is 33.9. The molecule has 23 nitrogen and oxygen atoms in total. The van der Waals surface area contributed by atoms with Crippen LogP contribution in [0.5, 0.6) is 0 Å². The third-order valence-corrected chi connectivity index (χ3v) is 9.47. The van der Waals surface area contributed by atoms with Gasteiger partial charge in [0.1, 0.15) is 42.3 Å². The standard InChI is InChI=1S/C37H58N12O11/c1-5-17(2)28(48-30(53)18(3)44-35(58)29(19(4)51)49-33(56)26(14-27(39)52)46-31(54)22(38)16-50)34(57)47-25(13-20-15-43-23-10-7-6-9-21(20)23)32(55)45-24(36(59)60)11-8-12-42-37(40)41/h6-7,9-10,15,17-19,22,24-26,28-29,43,50-51H,5,8,11-14,16,38H2,1-4H3,(H2,39,52)(H,44,58)(H,45,55)(H,46,54)(H,47,57)(H,48,53)(H,49,56)(H,59,60)(H4,40,41,42)/t17-,18-,19+,22-,24-,25-,26-,28-,29-/m0/s1. The molecule has 0 unspecified atom stereocenters. The summed E-state index contributed by atoms with van der Waals surface area (Å²) in [6.07, 6.45) is -0.200. The average molecular weight is 847 g/mol. The number of primary amides is 1. The molecular weight excluding hydrogens is 788 g/mol. The quantitative estimate of drug-likeness (QED) is 0.0254. The number of fused-ring (bicyclic) bond motifs is 1. The number of carboxylic acids is 1. The molecular formula is C37H58N12O11. The van der Waals surface area contributed by atoms with Crippen LogP contribution in [0.25, 0.3) is 10.9 Å². The third kappa shape index (κ3) is 15.4. The number of nitrogens with zero attached hydrogens (tertiary/aromatic N) is 1. The molecule has 1 aromatic heterocycles. The van der Waals surface area contributed by atoms with Gasteiger partial charge in [0.25, 0.3) is 0 Å². The lowest BCUT2D eigenvalue weighted by atomic mass is 9.96. The maximum absolute atomic E-state index is 14.0. The zero-order chi connectivity index (χ0) is 45.3. The van der Waals surface area contributed by atoms with Gasteiger partial charge in [-0.1, -0.05) is 38.5 Å². The molecule has 0 aliphatic carbocycles. The van der Waals surface area contributed by atoms with Gasteiger partial charge in [0.15, 0.2) is 5.96 Å². The molecule has 0 saturated heterocycles. The van der Waals surface area contributed by atoms with E-state index in [9.17, 15) is 48.6 Å². The molecule has 7 amide bonds. The van der Waals surface area contributed by atoms with E-state index < -0.39 is 115 Å². The Hall–Kier alpha value is -6.33. The fourth-order valence-electron chi connectivity index (χ4n) is 5.80. The Morgan fingerprint density at radius 2 is 1.35 bits per heavy atom. The Morgan fingerprint density at radius 3 is 1.93 bits per heavy atom. The summed E-state index contributed by atoms with van der Waals surface area (Å²) < 4.78 is 0. The molecule has 2 rings (SSSR count). The van der Waals surface area contributed by atoms with Crippen LogP contribution >= 0.6 is 0 Å². The van der Waals surface area contributed by atoms with Gasteiger partial charge in [0.2, 0.25) is 41.4 Å². The second-order valence-electron chi connectivity index (χ2n) is 14.3. The number of aliphatic hydroxyl groups is 2. The largest absolute Gasteiger partial charge is 0.480 e. The zero-order valence-corrected chi connectivity index (χ0v) is 33.9. The number of amides is 7. The molecule has 1 heterocycles. The topological polar surface area (TPSA) is 402 Å². The van der Waals surface area contributed by atoms with Crippen LogP contribution in [0.2, 0.25) is 0 Å². The number of nitrogens with one attached hydrogen (secondary N) is 7. The first kappa shape index (κ1) is 49.8. The SMILES string of the molecule is CC[C@H](C)[C@H](NC(=O)[C@H](C)NC(=O)[C@@H](NC(=O)[C@H](CC(N)=O)NC(=O)[C@@H](N)CO)[C@@H](C)O)C(=O)N[C@@H](Cc1c[nH]c2ccccc12)C(=O)N[C@@H](CCCN=C(N)N)C(=O)O. The molecule has 0 bridgehead atoms. The van der Waals surface area contributed by atoms with E-state index in [2.05, 4.69) is 41.9 Å². The minimum absolute atomic E-state index is 0.0375. The van der Waals surface area contributed by atoms with Crippen LogP contribution in [0.4, 0.5) is 0 Å². The van der Waals surface area contributed by atoms with Crippen molar-refractivity contribution in [2.75, 3.05) is 13.2 Å². The van der Waals surface area contributed by atoms with E-state index in [4.69, 9.17) is 28.0 Å². The number of carbonyl (C=O) groups excluding carboxylic acids is 7. The Bertz CT molecular complexity index is 1870. The van der Waals surface area contributed by atoms with Gasteiger partial charge in [0.05, 0.1) is 19.1 Å². The molecule has 332 valence electrons. The lowest BCUT2D eigenvalue weighted by Crippen LogP contribution is -2.62. The van der Waals surface area contributed by atoms with Crippen molar-refractivity contribution in [3.8, 4) is 0 Å². The van der Waals surface area contributed by atoms with Crippen molar-refractivity contribution in [3.63, 3.8) is 0 Å². The molecule has 18 N–H and O–H groups in total. The fourth-order valence-corrected chi connectivity index (χ4v) is 5.80. The number of rotatable bonds is 25. The number of nitrogens with two attached hydrogens (primary N) is 4. The van der Waals surface area contributed by atoms with Crippen molar-refractivity contribution in [3.05, 3.63) is 36.0 Å². The normalized spacial score (nSPS) is 15.6. The van der Waals surface area contributed by atoms with Crippen LogP contribution < -0.4 is 54.8 Å². The van der Waals surface area contributed by atoms with Crippen LogP contribution in [0.1, 0.15) is 58.9 Å². The number of aliphatic hydroxyl groups excluding tert-OH is 2. The summed E-state index contributed by atoms with van der Waals surface area (Å²) in [5, 5.41) is 44.6. The number of aromatic nitrogens is 1. The van der Waals surface area contributed by atoms with Gasteiger partial charge in [-0.3, -0.25) is 38.6 Å². The van der Waals surface area contributed by atoms with Gasteiger partial charge in [-0.05, 0) is 44.2 Å². The van der Waals surface area contributed by atoms with Crippen LogP contribution in [0.15, 0.2) is 35.5 Å². The second kappa shape index (κ2) is 23.9. The van der Waals surface area contributed by atoms with Gasteiger partial charge in [0, 0.05) is 30.1 Å². The van der Waals surface area contributed by atoms with Crippen LogP contribution in [-0.2, 0) is 44.8 Å². The number of guanidine groups is 1. The first-order chi connectivity index (χ1) is 28.2. The number of aliphatic carboxylic acids is 1. The van der Waals surface area contributed by atoms with E-state index in [0.717, 1.165) is 17.8 Å². The highest BCUT2D eigenvalue weighted by molar-refractivity contribution is 5.98. The highest BCUT2D eigenvalue weighted by Crippen LogP contribution is 2.20. The van der Waals surface area contributed by atoms with Gasteiger partial charge < -0.3 is 75.1 Å². The van der Waals surface area contributed by atoms with Crippen LogP contribution in [0, 0.1) is 5.92 Å². The van der Waals surface area contributed by atoms with E-state index in [0.29, 0.717) is 12.0 Å². The first-order valence-electron chi connectivity index (χ1n) is 19.2. The minimum atomic E-state index is -1.73. The molecule has 0 fully saturated rings. The highest BCUT2D eigenvalue weighted by atomic mass is 16.4. The summed E-state index contributed by atoms with van der Waals surface area (Å²) in [4.78, 5) is 111. The molecule has 0 radical (unpaired) electrons. The average Bonchev–Trinajstić information content (AvgIpc) is 3.60. The Labute approximate surface area is 345 Å². The molecule has 60 heavy (non-hydrogen) atoms. The summed E-state index contributed by atoms with van der Waals surface area (Å²) in [5.74, 6) is -8.75.